The van der Waals surface area contributed by atoms with Gasteiger partial charge in [-0.2, -0.15) is 0 Å². The quantitative estimate of drug-likeness (QED) is 0.510. The summed E-state index contributed by atoms with van der Waals surface area (Å²) in [6.45, 7) is 3.81. The predicted octanol–water partition coefficient (Wildman–Crippen LogP) is 4.10. The number of hydrogen-bond donors (Lipinski definition) is 1. The van der Waals surface area contributed by atoms with E-state index in [0.29, 0.717) is 37.0 Å². The molecule has 30 heavy (non-hydrogen) atoms. The Bertz CT molecular complexity index is 961. The van der Waals surface area contributed by atoms with Crippen molar-refractivity contribution in [2.24, 2.45) is 0 Å². The van der Waals surface area contributed by atoms with Crippen LogP contribution in [0.4, 0.5) is 0 Å². The Morgan fingerprint density at radius 3 is 2.63 bits per heavy atom. The number of carbonyl (C=O) groups excluding carboxylic acids is 1. The molecule has 0 aliphatic carbocycles. The molecule has 0 saturated carbocycles. The average molecular weight is 407 g/mol. The largest absolute Gasteiger partial charge is 0.497 e. The van der Waals surface area contributed by atoms with Crippen molar-refractivity contribution in [3.63, 3.8) is 0 Å². The smallest absolute Gasteiger partial charge is 0.251 e. The summed E-state index contributed by atoms with van der Waals surface area (Å²) in [6, 6.07) is 16.3. The Hall–Kier alpha value is -3.45. The SMILES string of the molecule is CCOCCCNC(=O)c1cccc(Oc2cc(-c3ccc(OC)cc3)ncn2)c1. The zero-order valence-electron chi connectivity index (χ0n) is 17.1. The summed E-state index contributed by atoms with van der Waals surface area (Å²) in [6.07, 6.45) is 2.22. The van der Waals surface area contributed by atoms with E-state index in [2.05, 4.69) is 15.3 Å². The Kier molecular flexibility index (Phi) is 7.74. The fraction of sp³-hybridized carbons (Fsp3) is 0.261. The number of aromatic nitrogens is 2. The number of ether oxygens (including phenoxy) is 3. The molecule has 0 fully saturated rings. The molecule has 7 heteroatoms. The fourth-order valence-electron chi connectivity index (χ4n) is 2.76. The molecule has 0 aliphatic rings. The van der Waals surface area contributed by atoms with Gasteiger partial charge in [0.25, 0.3) is 5.91 Å². The zero-order valence-corrected chi connectivity index (χ0v) is 17.1. The van der Waals surface area contributed by atoms with E-state index in [4.69, 9.17) is 14.2 Å². The van der Waals surface area contributed by atoms with E-state index in [1.807, 2.05) is 31.2 Å². The van der Waals surface area contributed by atoms with E-state index < -0.39 is 0 Å². The number of amides is 1. The standard InChI is InChI=1S/C23H25N3O4/c1-3-29-13-5-12-24-23(27)18-6-4-7-20(14-18)30-22-15-21(25-16-26-22)17-8-10-19(28-2)11-9-17/h4,6-11,14-16H,3,5,12-13H2,1-2H3,(H,24,27). The summed E-state index contributed by atoms with van der Waals surface area (Å²) in [5, 5.41) is 2.88. The van der Waals surface area contributed by atoms with Gasteiger partial charge in [0.2, 0.25) is 5.88 Å². The minimum Gasteiger partial charge on any atom is -0.497 e. The predicted molar refractivity (Wildman–Crippen MR) is 114 cm³/mol. The highest BCUT2D eigenvalue weighted by Gasteiger charge is 2.09. The third-order valence-corrected chi connectivity index (χ3v) is 4.30. The molecule has 0 spiro atoms. The van der Waals surface area contributed by atoms with E-state index in [-0.39, 0.29) is 5.91 Å². The highest BCUT2D eigenvalue weighted by Crippen LogP contribution is 2.25. The number of benzene rings is 2. The van der Waals surface area contributed by atoms with Gasteiger partial charge < -0.3 is 19.5 Å². The van der Waals surface area contributed by atoms with Gasteiger partial charge in [0, 0.05) is 37.0 Å². The molecule has 7 nitrogen and oxygen atoms in total. The number of methoxy groups -OCH3 is 1. The maximum Gasteiger partial charge on any atom is 0.251 e. The monoisotopic (exact) mass is 407 g/mol. The number of hydrogen-bond acceptors (Lipinski definition) is 6. The van der Waals surface area contributed by atoms with Crippen LogP contribution in [0.5, 0.6) is 17.4 Å². The van der Waals surface area contributed by atoms with Gasteiger partial charge in [-0.25, -0.2) is 9.97 Å². The van der Waals surface area contributed by atoms with Crippen molar-refractivity contribution >= 4 is 5.91 Å². The first kappa shape index (κ1) is 21.3. The summed E-state index contributed by atoms with van der Waals surface area (Å²) in [5.74, 6) is 1.54. The normalized spacial score (nSPS) is 10.5. The van der Waals surface area contributed by atoms with Crippen LogP contribution in [0, 0.1) is 0 Å². The van der Waals surface area contributed by atoms with Crippen molar-refractivity contribution < 1.29 is 19.0 Å². The molecule has 1 aromatic heterocycles. The van der Waals surface area contributed by atoms with E-state index >= 15 is 0 Å². The molecule has 3 rings (SSSR count). The summed E-state index contributed by atoms with van der Waals surface area (Å²) in [5.41, 5.74) is 2.17. The van der Waals surface area contributed by atoms with Gasteiger partial charge in [0.1, 0.15) is 17.8 Å². The van der Waals surface area contributed by atoms with Gasteiger partial charge in [-0.1, -0.05) is 6.07 Å². The second-order valence-corrected chi connectivity index (χ2v) is 6.41. The lowest BCUT2D eigenvalue weighted by atomic mass is 10.1. The lowest BCUT2D eigenvalue weighted by Crippen LogP contribution is -2.25. The molecule has 156 valence electrons. The van der Waals surface area contributed by atoms with Crippen molar-refractivity contribution in [1.82, 2.24) is 15.3 Å². The molecule has 2 aromatic carbocycles. The third-order valence-electron chi connectivity index (χ3n) is 4.30. The molecule has 0 radical (unpaired) electrons. The van der Waals surface area contributed by atoms with Crippen LogP contribution in [-0.4, -0.2) is 42.7 Å². The summed E-state index contributed by atoms with van der Waals surface area (Å²) >= 11 is 0. The minimum atomic E-state index is -0.154. The van der Waals surface area contributed by atoms with Gasteiger partial charge in [-0.3, -0.25) is 4.79 Å². The summed E-state index contributed by atoms with van der Waals surface area (Å²) in [4.78, 5) is 20.8. The van der Waals surface area contributed by atoms with Crippen LogP contribution in [0.2, 0.25) is 0 Å². The molecule has 1 amide bonds. The van der Waals surface area contributed by atoms with Crippen LogP contribution in [0.15, 0.2) is 60.9 Å². The molecule has 0 aliphatic heterocycles. The van der Waals surface area contributed by atoms with Crippen LogP contribution in [0.3, 0.4) is 0 Å². The Labute approximate surface area is 176 Å². The van der Waals surface area contributed by atoms with Gasteiger partial charge in [0.05, 0.1) is 12.8 Å². The van der Waals surface area contributed by atoms with Gasteiger partial charge in [-0.05, 0) is 55.8 Å². The van der Waals surface area contributed by atoms with E-state index in [1.165, 1.54) is 6.33 Å². The maximum absolute atomic E-state index is 12.3. The topological polar surface area (TPSA) is 82.6 Å². The van der Waals surface area contributed by atoms with Crippen LogP contribution in [0.1, 0.15) is 23.7 Å². The van der Waals surface area contributed by atoms with Crippen molar-refractivity contribution in [2.45, 2.75) is 13.3 Å². The lowest BCUT2D eigenvalue weighted by Gasteiger charge is -2.09. The maximum atomic E-state index is 12.3. The van der Waals surface area contributed by atoms with Gasteiger partial charge >= 0.3 is 0 Å². The molecule has 0 bridgehead atoms. The van der Waals surface area contributed by atoms with E-state index in [9.17, 15) is 4.79 Å². The van der Waals surface area contributed by atoms with Crippen molar-refractivity contribution in [1.29, 1.82) is 0 Å². The lowest BCUT2D eigenvalue weighted by molar-refractivity contribution is 0.0944. The molecule has 0 saturated heterocycles. The number of nitrogens with one attached hydrogen (secondary N) is 1. The van der Waals surface area contributed by atoms with E-state index in [1.54, 1.807) is 37.4 Å². The van der Waals surface area contributed by atoms with Crippen LogP contribution < -0.4 is 14.8 Å². The molecular weight excluding hydrogens is 382 g/mol. The Balaban J connectivity index is 1.65. The van der Waals surface area contributed by atoms with Crippen LogP contribution >= 0.6 is 0 Å². The first-order chi connectivity index (χ1) is 14.7. The molecule has 3 aromatic rings. The highest BCUT2D eigenvalue weighted by molar-refractivity contribution is 5.94. The first-order valence-electron chi connectivity index (χ1n) is 9.80. The van der Waals surface area contributed by atoms with Crippen molar-refractivity contribution in [3.05, 3.63) is 66.5 Å². The molecule has 0 unspecified atom stereocenters. The number of nitrogens with zero attached hydrogens (tertiary/aromatic N) is 2. The second kappa shape index (κ2) is 10.9. The summed E-state index contributed by atoms with van der Waals surface area (Å²) in [7, 11) is 1.63. The van der Waals surface area contributed by atoms with Gasteiger partial charge in [0.15, 0.2) is 0 Å². The molecular formula is C23H25N3O4. The first-order valence-corrected chi connectivity index (χ1v) is 9.80. The van der Waals surface area contributed by atoms with Crippen molar-refractivity contribution in [2.75, 3.05) is 26.9 Å². The number of rotatable bonds is 10. The highest BCUT2D eigenvalue weighted by atomic mass is 16.5. The zero-order chi connectivity index (χ0) is 21.2. The number of carbonyl (C=O) groups is 1. The fourth-order valence-corrected chi connectivity index (χ4v) is 2.76. The second-order valence-electron chi connectivity index (χ2n) is 6.41. The Morgan fingerprint density at radius 2 is 1.87 bits per heavy atom. The Morgan fingerprint density at radius 1 is 1.03 bits per heavy atom. The molecule has 0 atom stereocenters. The average Bonchev–Trinajstić information content (AvgIpc) is 2.79. The van der Waals surface area contributed by atoms with E-state index in [0.717, 1.165) is 23.4 Å². The van der Waals surface area contributed by atoms with Gasteiger partial charge in [-0.15, -0.1) is 0 Å². The van der Waals surface area contributed by atoms with Crippen LogP contribution in [-0.2, 0) is 4.74 Å². The third kappa shape index (κ3) is 6.02. The molecule has 1 heterocycles. The van der Waals surface area contributed by atoms with Crippen LogP contribution in [0.25, 0.3) is 11.3 Å². The molecule has 1 N–H and O–H groups in total. The van der Waals surface area contributed by atoms with Crippen molar-refractivity contribution in [3.8, 4) is 28.6 Å². The summed E-state index contributed by atoms with van der Waals surface area (Å²) < 4.78 is 16.3. The minimum absolute atomic E-state index is 0.154.